The minimum Gasteiger partial charge on any atom is -0.493 e. The van der Waals surface area contributed by atoms with Gasteiger partial charge in [-0.25, -0.2) is 0 Å². The van der Waals surface area contributed by atoms with Crippen LogP contribution < -0.4 is 9.47 Å². The van der Waals surface area contributed by atoms with Crippen molar-refractivity contribution in [1.82, 2.24) is 14.7 Å². The first kappa shape index (κ1) is 19.5. The number of hydrogen-bond acceptors (Lipinski definition) is 5. The Hall–Kier alpha value is -1.30. The molecule has 0 radical (unpaired) electrons. The Balaban J connectivity index is 1.61. The third-order valence-corrected chi connectivity index (χ3v) is 5.97. The highest BCUT2D eigenvalue weighted by atomic mass is 16.5. The molecule has 1 spiro atoms. The molecule has 0 unspecified atom stereocenters. The molecule has 2 aliphatic heterocycles. The summed E-state index contributed by atoms with van der Waals surface area (Å²) in [5.41, 5.74) is 1.67. The highest BCUT2D eigenvalue weighted by molar-refractivity contribution is 5.43. The van der Waals surface area contributed by atoms with Crippen molar-refractivity contribution in [2.24, 2.45) is 0 Å². The summed E-state index contributed by atoms with van der Waals surface area (Å²) in [6, 6.07) is 6.34. The Morgan fingerprint density at radius 3 is 2.42 bits per heavy atom. The maximum atomic E-state index is 5.83. The molecule has 2 aliphatic rings. The van der Waals surface area contributed by atoms with Gasteiger partial charge in [0.15, 0.2) is 11.5 Å². The van der Waals surface area contributed by atoms with E-state index < -0.39 is 0 Å². The molecule has 0 N–H and O–H groups in total. The molecule has 0 atom stereocenters. The fourth-order valence-corrected chi connectivity index (χ4v) is 4.35. The fraction of sp³-hybridized carbons (Fsp3) is 0.714. The van der Waals surface area contributed by atoms with Gasteiger partial charge in [0.1, 0.15) is 0 Å². The Morgan fingerprint density at radius 2 is 1.77 bits per heavy atom. The van der Waals surface area contributed by atoms with Gasteiger partial charge in [-0.2, -0.15) is 0 Å². The number of piperazine rings is 1. The average Bonchev–Trinajstić information content (AvgIpc) is 2.61. The van der Waals surface area contributed by atoms with Gasteiger partial charge in [0, 0.05) is 44.8 Å². The maximum absolute atomic E-state index is 5.83. The zero-order valence-corrected chi connectivity index (χ0v) is 17.1. The first-order chi connectivity index (χ1) is 12.4. The normalized spacial score (nSPS) is 22.1. The van der Waals surface area contributed by atoms with Crippen molar-refractivity contribution in [2.75, 3.05) is 53.9 Å². The van der Waals surface area contributed by atoms with Crippen LogP contribution in [0.5, 0.6) is 11.5 Å². The Bertz CT molecular complexity index is 597. The standard InChI is InChI=1S/C21H35N3O2/c1-17(2)26-19-7-6-18(14-20(19)25-5)15-24-10-8-21(9-11-24)16-22(3)12-13-23(21)4/h6-7,14,17H,8-13,15-16H2,1-5H3. The molecule has 5 heteroatoms. The first-order valence-corrected chi connectivity index (χ1v) is 9.87. The van der Waals surface area contributed by atoms with Gasteiger partial charge in [-0.15, -0.1) is 0 Å². The number of nitrogens with zero attached hydrogens (tertiary/aromatic N) is 3. The first-order valence-electron chi connectivity index (χ1n) is 9.87. The molecule has 2 heterocycles. The number of hydrogen-bond donors (Lipinski definition) is 0. The number of likely N-dealkylation sites (tertiary alicyclic amines) is 1. The van der Waals surface area contributed by atoms with Crippen LogP contribution >= 0.6 is 0 Å². The zero-order chi connectivity index (χ0) is 18.7. The van der Waals surface area contributed by atoms with E-state index in [0.717, 1.165) is 31.1 Å². The van der Waals surface area contributed by atoms with Gasteiger partial charge in [-0.1, -0.05) is 6.07 Å². The quantitative estimate of drug-likeness (QED) is 0.804. The number of methoxy groups -OCH3 is 1. The summed E-state index contributed by atoms with van der Waals surface area (Å²) in [6.07, 6.45) is 2.65. The summed E-state index contributed by atoms with van der Waals surface area (Å²) in [6.45, 7) is 10.9. The summed E-state index contributed by atoms with van der Waals surface area (Å²) in [7, 11) is 6.28. The Morgan fingerprint density at radius 1 is 1.04 bits per heavy atom. The van der Waals surface area contributed by atoms with Crippen LogP contribution in [0.1, 0.15) is 32.3 Å². The molecule has 1 aromatic rings. The largest absolute Gasteiger partial charge is 0.493 e. The van der Waals surface area contributed by atoms with Gasteiger partial charge in [-0.05, 0) is 58.5 Å². The van der Waals surface area contributed by atoms with Crippen molar-refractivity contribution in [2.45, 2.75) is 44.9 Å². The van der Waals surface area contributed by atoms with E-state index in [1.807, 2.05) is 19.9 Å². The van der Waals surface area contributed by atoms with Gasteiger partial charge in [-0.3, -0.25) is 9.80 Å². The number of rotatable bonds is 5. The van der Waals surface area contributed by atoms with E-state index >= 15 is 0 Å². The third-order valence-electron chi connectivity index (χ3n) is 5.97. The van der Waals surface area contributed by atoms with Crippen molar-refractivity contribution in [3.63, 3.8) is 0 Å². The summed E-state index contributed by atoms with van der Waals surface area (Å²) >= 11 is 0. The lowest BCUT2D eigenvalue weighted by atomic mass is 9.83. The topological polar surface area (TPSA) is 28.2 Å². The lowest BCUT2D eigenvalue weighted by molar-refractivity contribution is -0.0205. The fourth-order valence-electron chi connectivity index (χ4n) is 4.35. The summed E-state index contributed by atoms with van der Waals surface area (Å²) in [5, 5.41) is 0. The van der Waals surface area contributed by atoms with Crippen molar-refractivity contribution in [3.8, 4) is 11.5 Å². The molecule has 3 rings (SSSR count). The lowest BCUT2D eigenvalue weighted by Gasteiger charge is -2.52. The predicted octanol–water partition coefficient (Wildman–Crippen LogP) is 2.69. The van der Waals surface area contributed by atoms with Crippen LogP contribution in [-0.2, 0) is 6.54 Å². The van der Waals surface area contributed by atoms with Gasteiger partial charge in [0.25, 0.3) is 0 Å². The number of benzene rings is 1. The molecule has 2 fully saturated rings. The van der Waals surface area contributed by atoms with E-state index in [2.05, 4.69) is 40.9 Å². The predicted molar refractivity (Wildman–Crippen MR) is 106 cm³/mol. The minimum atomic E-state index is 0.152. The van der Waals surface area contributed by atoms with Gasteiger partial charge in [0.2, 0.25) is 0 Å². The van der Waals surface area contributed by atoms with Crippen LogP contribution in [0, 0.1) is 0 Å². The van der Waals surface area contributed by atoms with Crippen LogP contribution in [0.4, 0.5) is 0 Å². The van der Waals surface area contributed by atoms with E-state index in [1.165, 1.54) is 38.0 Å². The van der Waals surface area contributed by atoms with E-state index in [9.17, 15) is 0 Å². The molecule has 0 bridgehead atoms. The van der Waals surface area contributed by atoms with E-state index in [4.69, 9.17) is 9.47 Å². The minimum absolute atomic E-state index is 0.152. The molecule has 5 nitrogen and oxygen atoms in total. The molecular formula is C21H35N3O2. The zero-order valence-electron chi connectivity index (χ0n) is 17.1. The van der Waals surface area contributed by atoms with E-state index in [1.54, 1.807) is 7.11 Å². The molecule has 0 aliphatic carbocycles. The second kappa shape index (κ2) is 8.15. The van der Waals surface area contributed by atoms with E-state index in [0.29, 0.717) is 5.54 Å². The van der Waals surface area contributed by atoms with E-state index in [-0.39, 0.29) is 6.10 Å². The Labute approximate surface area is 158 Å². The lowest BCUT2D eigenvalue weighted by Crippen LogP contribution is -2.63. The molecule has 2 saturated heterocycles. The van der Waals surface area contributed by atoms with Crippen molar-refractivity contribution >= 4 is 0 Å². The van der Waals surface area contributed by atoms with Crippen LogP contribution in [0.15, 0.2) is 18.2 Å². The van der Waals surface area contributed by atoms with Gasteiger partial charge >= 0.3 is 0 Å². The maximum Gasteiger partial charge on any atom is 0.161 e. The van der Waals surface area contributed by atoms with Crippen molar-refractivity contribution in [1.29, 1.82) is 0 Å². The van der Waals surface area contributed by atoms with Crippen LogP contribution in [0.3, 0.4) is 0 Å². The van der Waals surface area contributed by atoms with Gasteiger partial charge < -0.3 is 14.4 Å². The molecule has 0 saturated carbocycles. The van der Waals surface area contributed by atoms with Crippen molar-refractivity contribution < 1.29 is 9.47 Å². The summed E-state index contributed by atoms with van der Waals surface area (Å²) < 4.78 is 11.4. The third kappa shape index (κ3) is 4.33. The number of piperidine rings is 1. The van der Waals surface area contributed by atoms with Crippen LogP contribution in [0.2, 0.25) is 0 Å². The second-order valence-electron chi connectivity index (χ2n) is 8.31. The number of likely N-dealkylation sites (N-methyl/N-ethyl adjacent to an activating group) is 2. The molecule has 0 amide bonds. The number of ether oxygens (including phenoxy) is 2. The molecule has 146 valence electrons. The highest BCUT2D eigenvalue weighted by Gasteiger charge is 2.41. The van der Waals surface area contributed by atoms with Crippen LogP contribution in [-0.4, -0.2) is 80.3 Å². The molecule has 1 aromatic carbocycles. The molecule has 26 heavy (non-hydrogen) atoms. The molecule has 0 aromatic heterocycles. The summed E-state index contributed by atoms with van der Waals surface area (Å²) in [5.74, 6) is 1.66. The SMILES string of the molecule is COc1cc(CN2CCC3(CC2)CN(C)CCN3C)ccc1OC(C)C. The second-order valence-corrected chi connectivity index (χ2v) is 8.31. The smallest absolute Gasteiger partial charge is 0.161 e. The monoisotopic (exact) mass is 361 g/mol. The van der Waals surface area contributed by atoms with Crippen molar-refractivity contribution in [3.05, 3.63) is 23.8 Å². The average molecular weight is 362 g/mol. The highest BCUT2D eigenvalue weighted by Crippen LogP contribution is 2.33. The summed E-state index contributed by atoms with van der Waals surface area (Å²) in [4.78, 5) is 7.67. The van der Waals surface area contributed by atoms with Crippen LogP contribution in [0.25, 0.3) is 0 Å². The van der Waals surface area contributed by atoms with Gasteiger partial charge in [0.05, 0.1) is 13.2 Å². The Kier molecular flexibility index (Phi) is 6.10. The molecular weight excluding hydrogens is 326 g/mol.